The van der Waals surface area contributed by atoms with Crippen molar-refractivity contribution in [2.45, 2.75) is 51.3 Å². The molecule has 1 aromatic carbocycles. The minimum Gasteiger partial charge on any atom is -0.396 e. The molecule has 2 N–H and O–H groups in total. The third kappa shape index (κ3) is 4.41. The zero-order valence-corrected chi connectivity index (χ0v) is 13.8. The van der Waals surface area contributed by atoms with Gasteiger partial charge >= 0.3 is 0 Å². The number of rotatable bonds is 8. The van der Waals surface area contributed by atoms with Crippen molar-refractivity contribution in [1.29, 1.82) is 0 Å². The Morgan fingerprint density at radius 3 is 2.10 bits per heavy atom. The van der Waals surface area contributed by atoms with Gasteiger partial charge in [-0.25, -0.2) is 12.8 Å². The minimum atomic E-state index is -3.62. The standard InChI is InChI=1S/C15H25FN2O2S/c1-4-6-8-18(9-7-5-2)21(19,20)13-10-12(3)15(16)14(17)11-13/h10-11H,4-9,17H2,1-3H3. The molecule has 0 radical (unpaired) electrons. The summed E-state index contributed by atoms with van der Waals surface area (Å²) in [7, 11) is -3.62. The highest BCUT2D eigenvalue weighted by Crippen LogP contribution is 2.24. The maximum absolute atomic E-state index is 13.6. The van der Waals surface area contributed by atoms with Crippen LogP contribution < -0.4 is 5.73 Å². The Kier molecular flexibility index (Phi) is 6.61. The van der Waals surface area contributed by atoms with Gasteiger partial charge in [-0.15, -0.1) is 0 Å². The summed E-state index contributed by atoms with van der Waals surface area (Å²) >= 11 is 0. The van der Waals surface area contributed by atoms with Crippen molar-refractivity contribution in [1.82, 2.24) is 4.31 Å². The highest BCUT2D eigenvalue weighted by molar-refractivity contribution is 7.89. The van der Waals surface area contributed by atoms with Crippen LogP contribution in [0, 0.1) is 12.7 Å². The van der Waals surface area contributed by atoms with E-state index in [9.17, 15) is 12.8 Å². The van der Waals surface area contributed by atoms with Crippen LogP contribution in [-0.4, -0.2) is 25.8 Å². The summed E-state index contributed by atoms with van der Waals surface area (Å²) in [5.74, 6) is -0.553. The fourth-order valence-electron chi connectivity index (χ4n) is 2.08. The molecular formula is C15H25FN2O2S. The Hall–Kier alpha value is -1.14. The molecule has 1 rings (SSSR count). The van der Waals surface area contributed by atoms with Gasteiger partial charge in [-0.3, -0.25) is 0 Å². The summed E-state index contributed by atoms with van der Waals surface area (Å²) in [6.45, 7) is 6.52. The average Bonchev–Trinajstić information content (AvgIpc) is 2.44. The molecule has 120 valence electrons. The number of nitrogen functional groups attached to an aromatic ring is 1. The number of nitrogens with two attached hydrogens (primary N) is 1. The number of sulfonamides is 1. The van der Waals surface area contributed by atoms with E-state index in [4.69, 9.17) is 5.73 Å². The van der Waals surface area contributed by atoms with Crippen molar-refractivity contribution in [3.63, 3.8) is 0 Å². The average molecular weight is 316 g/mol. The number of unbranched alkanes of at least 4 members (excludes halogenated alkanes) is 2. The number of aryl methyl sites for hydroxylation is 1. The van der Waals surface area contributed by atoms with Crippen LogP contribution in [0.4, 0.5) is 10.1 Å². The highest BCUT2D eigenvalue weighted by atomic mass is 32.2. The van der Waals surface area contributed by atoms with Gasteiger partial charge in [-0.05, 0) is 37.5 Å². The van der Waals surface area contributed by atoms with E-state index in [0.29, 0.717) is 13.1 Å². The van der Waals surface area contributed by atoms with Crippen molar-refractivity contribution in [3.05, 3.63) is 23.5 Å². The molecule has 0 aliphatic rings. The van der Waals surface area contributed by atoms with Gasteiger partial charge in [0.15, 0.2) is 0 Å². The monoisotopic (exact) mass is 316 g/mol. The van der Waals surface area contributed by atoms with Crippen molar-refractivity contribution >= 4 is 15.7 Å². The molecule has 0 amide bonds. The summed E-state index contributed by atoms with van der Waals surface area (Å²) in [5.41, 5.74) is 5.68. The summed E-state index contributed by atoms with van der Waals surface area (Å²) in [5, 5.41) is 0. The number of anilines is 1. The first kappa shape index (κ1) is 17.9. The van der Waals surface area contributed by atoms with Gasteiger partial charge in [-0.2, -0.15) is 4.31 Å². The second-order valence-electron chi connectivity index (χ2n) is 5.25. The molecule has 0 spiro atoms. The smallest absolute Gasteiger partial charge is 0.243 e. The summed E-state index contributed by atoms with van der Waals surface area (Å²) in [6, 6.07) is 2.56. The summed E-state index contributed by atoms with van der Waals surface area (Å²) in [6.07, 6.45) is 3.45. The molecule has 21 heavy (non-hydrogen) atoms. The van der Waals surface area contributed by atoms with Gasteiger partial charge in [0.2, 0.25) is 10.0 Å². The predicted molar refractivity (Wildman–Crippen MR) is 84.1 cm³/mol. The minimum absolute atomic E-state index is 0.0751. The highest BCUT2D eigenvalue weighted by Gasteiger charge is 2.25. The van der Waals surface area contributed by atoms with Crippen molar-refractivity contribution < 1.29 is 12.8 Å². The van der Waals surface area contributed by atoms with Gasteiger partial charge in [-0.1, -0.05) is 26.7 Å². The van der Waals surface area contributed by atoms with E-state index in [1.807, 2.05) is 13.8 Å². The number of benzene rings is 1. The van der Waals surface area contributed by atoms with Gasteiger partial charge in [0.1, 0.15) is 5.82 Å². The van der Waals surface area contributed by atoms with Crippen LogP contribution in [0.3, 0.4) is 0 Å². The molecular weight excluding hydrogens is 291 g/mol. The van der Waals surface area contributed by atoms with Crippen molar-refractivity contribution in [3.8, 4) is 0 Å². The molecule has 0 saturated heterocycles. The molecule has 1 aromatic rings. The maximum atomic E-state index is 13.6. The van der Waals surface area contributed by atoms with Crippen LogP contribution in [0.2, 0.25) is 0 Å². The van der Waals surface area contributed by atoms with E-state index in [1.165, 1.54) is 23.4 Å². The lowest BCUT2D eigenvalue weighted by molar-refractivity contribution is 0.395. The third-order valence-corrected chi connectivity index (χ3v) is 5.29. The second kappa shape index (κ2) is 7.75. The molecule has 0 saturated carbocycles. The molecule has 0 aliphatic carbocycles. The number of halogens is 1. The van der Waals surface area contributed by atoms with E-state index >= 15 is 0 Å². The van der Waals surface area contributed by atoms with Crippen LogP contribution in [0.15, 0.2) is 17.0 Å². The molecule has 0 atom stereocenters. The van der Waals surface area contributed by atoms with Crippen molar-refractivity contribution in [2.24, 2.45) is 0 Å². The van der Waals surface area contributed by atoms with E-state index in [1.54, 1.807) is 0 Å². The molecule has 4 nitrogen and oxygen atoms in total. The van der Waals surface area contributed by atoms with Gasteiger partial charge < -0.3 is 5.73 Å². The molecule has 6 heteroatoms. The Balaban J connectivity index is 3.15. The van der Waals surface area contributed by atoms with Crippen LogP contribution in [-0.2, 0) is 10.0 Å². The Morgan fingerprint density at radius 2 is 1.67 bits per heavy atom. The number of nitrogens with zero attached hydrogens (tertiary/aromatic N) is 1. The van der Waals surface area contributed by atoms with Crippen LogP contribution in [0.5, 0.6) is 0 Å². The molecule has 0 fully saturated rings. The summed E-state index contributed by atoms with van der Waals surface area (Å²) < 4.78 is 40.5. The lowest BCUT2D eigenvalue weighted by atomic mass is 10.2. The molecule has 0 heterocycles. The van der Waals surface area contributed by atoms with Gasteiger partial charge in [0.05, 0.1) is 10.6 Å². The normalized spacial score (nSPS) is 12.0. The fraction of sp³-hybridized carbons (Fsp3) is 0.600. The third-order valence-electron chi connectivity index (χ3n) is 3.42. The zero-order valence-electron chi connectivity index (χ0n) is 13.0. The van der Waals surface area contributed by atoms with Crippen LogP contribution in [0.25, 0.3) is 0 Å². The van der Waals surface area contributed by atoms with E-state index < -0.39 is 15.8 Å². The van der Waals surface area contributed by atoms with Crippen LogP contribution >= 0.6 is 0 Å². The zero-order chi connectivity index (χ0) is 16.0. The molecule has 0 unspecified atom stereocenters. The molecule has 0 bridgehead atoms. The summed E-state index contributed by atoms with van der Waals surface area (Å²) in [4.78, 5) is 0.0751. The first-order valence-corrected chi connectivity index (χ1v) is 8.84. The molecule has 0 aromatic heterocycles. The number of hydrogen-bond donors (Lipinski definition) is 1. The topological polar surface area (TPSA) is 63.4 Å². The van der Waals surface area contributed by atoms with Crippen LogP contribution in [0.1, 0.15) is 45.1 Å². The number of hydrogen-bond acceptors (Lipinski definition) is 3. The maximum Gasteiger partial charge on any atom is 0.243 e. The lowest BCUT2D eigenvalue weighted by Gasteiger charge is -2.22. The van der Waals surface area contributed by atoms with E-state index in [-0.39, 0.29) is 16.1 Å². The van der Waals surface area contributed by atoms with Crippen molar-refractivity contribution in [2.75, 3.05) is 18.8 Å². The Morgan fingerprint density at radius 1 is 1.14 bits per heavy atom. The van der Waals surface area contributed by atoms with E-state index in [2.05, 4.69) is 0 Å². The fourth-order valence-corrected chi connectivity index (χ4v) is 3.72. The van der Waals surface area contributed by atoms with Gasteiger partial charge in [0, 0.05) is 13.1 Å². The van der Waals surface area contributed by atoms with E-state index in [0.717, 1.165) is 25.7 Å². The molecule has 0 aliphatic heterocycles. The lowest BCUT2D eigenvalue weighted by Crippen LogP contribution is -2.33. The largest absolute Gasteiger partial charge is 0.396 e. The predicted octanol–water partition coefficient (Wildman–Crippen LogP) is 3.31. The second-order valence-corrected chi connectivity index (χ2v) is 7.19. The first-order valence-electron chi connectivity index (χ1n) is 7.40. The van der Waals surface area contributed by atoms with Gasteiger partial charge in [0.25, 0.3) is 0 Å². The SMILES string of the molecule is CCCCN(CCCC)S(=O)(=O)c1cc(C)c(F)c(N)c1. The first-order chi connectivity index (χ1) is 9.84. The Labute approximate surface area is 127 Å². The Bertz CT molecular complexity index is 542. The quantitative estimate of drug-likeness (QED) is 0.748.